The predicted octanol–water partition coefficient (Wildman–Crippen LogP) is -2.50. The lowest BCUT2D eigenvalue weighted by Gasteiger charge is -2.27. The third kappa shape index (κ3) is 2.35. The molecule has 2 N–H and O–H groups in total. The number of nitrogens with zero attached hydrogens (tertiary/aromatic N) is 2. The van der Waals surface area contributed by atoms with Crippen LogP contribution in [-0.2, 0) is 14.4 Å². The number of piperazine rings is 1. The number of nitrogens with one attached hydrogen (secondary N) is 2. The molecule has 2 fully saturated rings. The second-order valence-corrected chi connectivity index (χ2v) is 3.80. The van der Waals surface area contributed by atoms with E-state index in [2.05, 4.69) is 10.6 Å². The van der Waals surface area contributed by atoms with Gasteiger partial charge in [-0.2, -0.15) is 0 Å². The van der Waals surface area contributed by atoms with Gasteiger partial charge in [-0.25, -0.2) is 4.79 Å². The molecule has 0 atom stereocenters. The van der Waals surface area contributed by atoms with Crippen molar-refractivity contribution in [3.8, 4) is 0 Å². The Labute approximate surface area is 96.9 Å². The first kappa shape index (κ1) is 11.4. The lowest BCUT2D eigenvalue weighted by atomic mass is 10.3. The van der Waals surface area contributed by atoms with Crippen LogP contribution in [0.2, 0.25) is 0 Å². The molecule has 5 amide bonds. The number of urea groups is 1. The first-order chi connectivity index (χ1) is 8.08. The fraction of sp³-hybridized carbons (Fsp3) is 0.556. The lowest BCUT2D eigenvalue weighted by molar-refractivity contribution is -0.140. The van der Waals surface area contributed by atoms with Gasteiger partial charge in [-0.05, 0) is 0 Å². The maximum absolute atomic E-state index is 11.8. The second kappa shape index (κ2) is 4.40. The number of hydrogen-bond donors (Lipinski definition) is 2. The van der Waals surface area contributed by atoms with Crippen LogP contribution >= 0.6 is 0 Å². The van der Waals surface area contributed by atoms with Gasteiger partial charge in [0.25, 0.3) is 5.91 Å². The molecule has 0 aromatic carbocycles. The molecular formula is C9H12N4O4. The van der Waals surface area contributed by atoms with E-state index in [-0.39, 0.29) is 25.5 Å². The zero-order valence-corrected chi connectivity index (χ0v) is 9.06. The monoisotopic (exact) mass is 240 g/mol. The summed E-state index contributed by atoms with van der Waals surface area (Å²) in [5, 5.41) is 4.91. The van der Waals surface area contributed by atoms with Crippen molar-refractivity contribution in [2.45, 2.75) is 0 Å². The quantitative estimate of drug-likeness (QED) is 0.521. The molecule has 0 bridgehead atoms. The van der Waals surface area contributed by atoms with Crippen molar-refractivity contribution < 1.29 is 19.2 Å². The summed E-state index contributed by atoms with van der Waals surface area (Å²) in [6.07, 6.45) is 0. The average molecular weight is 240 g/mol. The Morgan fingerprint density at radius 1 is 1.24 bits per heavy atom. The maximum Gasteiger partial charge on any atom is 0.325 e. The molecule has 17 heavy (non-hydrogen) atoms. The third-order valence-electron chi connectivity index (χ3n) is 2.62. The van der Waals surface area contributed by atoms with Crippen molar-refractivity contribution in [3.05, 3.63) is 0 Å². The first-order valence-corrected chi connectivity index (χ1v) is 5.20. The van der Waals surface area contributed by atoms with Crippen molar-refractivity contribution in [2.24, 2.45) is 0 Å². The first-order valence-electron chi connectivity index (χ1n) is 5.20. The Morgan fingerprint density at radius 2 is 2.00 bits per heavy atom. The van der Waals surface area contributed by atoms with Crippen LogP contribution in [0.3, 0.4) is 0 Å². The fourth-order valence-corrected chi connectivity index (χ4v) is 1.70. The van der Waals surface area contributed by atoms with Crippen LogP contribution in [0.25, 0.3) is 0 Å². The maximum atomic E-state index is 11.8. The van der Waals surface area contributed by atoms with E-state index in [1.165, 1.54) is 4.90 Å². The highest BCUT2D eigenvalue weighted by Gasteiger charge is 2.32. The number of carbonyl (C=O) groups is 4. The molecule has 8 heteroatoms. The standard InChI is InChI=1S/C9H12N4O4/c14-6-4-12(2-1-10-6)8(16)5-13-7(15)3-11-9(13)17/h1-5H2,(H,10,14)(H,11,17). The van der Waals surface area contributed by atoms with E-state index >= 15 is 0 Å². The van der Waals surface area contributed by atoms with Crippen LogP contribution in [-0.4, -0.2) is 66.3 Å². The van der Waals surface area contributed by atoms with Gasteiger partial charge in [0.05, 0.1) is 13.1 Å². The zero-order chi connectivity index (χ0) is 12.4. The molecule has 0 aromatic rings. The molecule has 92 valence electrons. The summed E-state index contributed by atoms with van der Waals surface area (Å²) in [7, 11) is 0. The van der Waals surface area contributed by atoms with Gasteiger partial charge in [0.2, 0.25) is 11.8 Å². The third-order valence-corrected chi connectivity index (χ3v) is 2.62. The van der Waals surface area contributed by atoms with Gasteiger partial charge in [0.1, 0.15) is 6.54 Å². The summed E-state index contributed by atoms with van der Waals surface area (Å²) in [5.74, 6) is -1.06. The Hall–Kier alpha value is -2.12. The molecule has 0 aromatic heterocycles. The van der Waals surface area contributed by atoms with Gasteiger partial charge in [-0.3, -0.25) is 19.3 Å². The minimum absolute atomic E-state index is 0.0253. The van der Waals surface area contributed by atoms with E-state index < -0.39 is 17.8 Å². The van der Waals surface area contributed by atoms with Crippen LogP contribution in [0, 0.1) is 0 Å². The van der Waals surface area contributed by atoms with Crippen molar-refractivity contribution >= 4 is 23.8 Å². The summed E-state index contributed by atoms with van der Waals surface area (Å²) in [6, 6.07) is -0.565. The van der Waals surface area contributed by atoms with Gasteiger partial charge >= 0.3 is 6.03 Å². The van der Waals surface area contributed by atoms with E-state index in [1.54, 1.807) is 0 Å². The summed E-state index contributed by atoms with van der Waals surface area (Å²) in [4.78, 5) is 47.5. The SMILES string of the molecule is O=C1CN(C(=O)CN2C(=O)CNC2=O)CCN1. The van der Waals surface area contributed by atoms with Crippen LogP contribution < -0.4 is 10.6 Å². The molecule has 0 spiro atoms. The normalized spacial score (nSPS) is 20.4. The Kier molecular flexibility index (Phi) is 2.94. The zero-order valence-electron chi connectivity index (χ0n) is 9.06. The van der Waals surface area contributed by atoms with Crippen LogP contribution in [0.1, 0.15) is 0 Å². The molecule has 2 saturated heterocycles. The van der Waals surface area contributed by atoms with Gasteiger partial charge in [-0.15, -0.1) is 0 Å². The summed E-state index contributed by atoms with van der Waals surface area (Å²) in [6.45, 7) is 0.381. The van der Waals surface area contributed by atoms with Gasteiger partial charge in [0.15, 0.2) is 0 Å². The number of amides is 5. The Balaban J connectivity index is 1.94. The average Bonchev–Trinajstić information content (AvgIpc) is 2.61. The van der Waals surface area contributed by atoms with Gasteiger partial charge < -0.3 is 15.5 Å². The molecule has 0 aliphatic carbocycles. The van der Waals surface area contributed by atoms with E-state index in [4.69, 9.17) is 0 Å². The number of rotatable bonds is 2. The molecular weight excluding hydrogens is 228 g/mol. The fourth-order valence-electron chi connectivity index (χ4n) is 1.70. The van der Waals surface area contributed by atoms with E-state index in [1.807, 2.05) is 0 Å². The van der Waals surface area contributed by atoms with Gasteiger partial charge in [0, 0.05) is 13.1 Å². The van der Waals surface area contributed by atoms with E-state index in [0.717, 1.165) is 4.90 Å². The largest absolute Gasteiger partial charge is 0.353 e. The molecule has 8 nitrogen and oxygen atoms in total. The van der Waals surface area contributed by atoms with Gasteiger partial charge in [-0.1, -0.05) is 0 Å². The summed E-state index contributed by atoms with van der Waals surface area (Å²) >= 11 is 0. The van der Waals surface area contributed by atoms with Crippen LogP contribution in [0.4, 0.5) is 4.79 Å². The minimum Gasteiger partial charge on any atom is -0.353 e. The molecule has 2 aliphatic rings. The number of hydrogen-bond acceptors (Lipinski definition) is 4. The highest BCUT2D eigenvalue weighted by Crippen LogP contribution is 2.02. The Morgan fingerprint density at radius 3 is 2.59 bits per heavy atom. The summed E-state index contributed by atoms with van der Waals surface area (Å²) in [5.41, 5.74) is 0. The topological polar surface area (TPSA) is 98.8 Å². The number of imide groups is 1. The minimum atomic E-state index is -0.565. The van der Waals surface area contributed by atoms with E-state index in [9.17, 15) is 19.2 Å². The second-order valence-electron chi connectivity index (χ2n) is 3.80. The molecule has 0 radical (unpaired) electrons. The van der Waals surface area contributed by atoms with E-state index in [0.29, 0.717) is 13.1 Å². The molecule has 2 heterocycles. The molecule has 2 rings (SSSR count). The van der Waals surface area contributed by atoms with Crippen molar-refractivity contribution in [2.75, 3.05) is 32.7 Å². The van der Waals surface area contributed by atoms with Crippen LogP contribution in [0.5, 0.6) is 0 Å². The predicted molar refractivity (Wildman–Crippen MR) is 54.7 cm³/mol. The Bertz CT molecular complexity index is 378. The number of carbonyl (C=O) groups excluding carboxylic acids is 4. The molecule has 0 saturated carbocycles. The highest BCUT2D eigenvalue weighted by atomic mass is 16.2. The highest BCUT2D eigenvalue weighted by molar-refractivity contribution is 6.04. The van der Waals surface area contributed by atoms with Crippen molar-refractivity contribution in [3.63, 3.8) is 0 Å². The molecule has 2 aliphatic heterocycles. The van der Waals surface area contributed by atoms with Crippen LogP contribution in [0.15, 0.2) is 0 Å². The lowest BCUT2D eigenvalue weighted by Crippen LogP contribution is -2.53. The summed E-state index contributed by atoms with van der Waals surface area (Å²) < 4.78 is 0. The van der Waals surface area contributed by atoms with Crippen molar-refractivity contribution in [1.29, 1.82) is 0 Å². The molecule has 0 unspecified atom stereocenters. The van der Waals surface area contributed by atoms with Crippen molar-refractivity contribution in [1.82, 2.24) is 20.4 Å². The smallest absolute Gasteiger partial charge is 0.325 e.